The summed E-state index contributed by atoms with van der Waals surface area (Å²) < 4.78 is 1.29. The van der Waals surface area contributed by atoms with Crippen molar-refractivity contribution >= 4 is 17.3 Å². The van der Waals surface area contributed by atoms with Crippen LogP contribution in [0.5, 0.6) is 0 Å². The summed E-state index contributed by atoms with van der Waals surface area (Å²) in [5, 5.41) is 8.76. The van der Waals surface area contributed by atoms with Crippen molar-refractivity contribution < 1.29 is 4.79 Å². The standard InChI is InChI=1S/C11H7N3O2.C2H6/c12-6-8-1-2-9-10(5-8)14(3-4-15)11(16)7-13-9;1-2/h1-2,4-5,7H,3H2;1-2H3. The maximum atomic E-state index is 11.5. The predicted octanol–water partition coefficient (Wildman–Crippen LogP) is 1.49. The van der Waals surface area contributed by atoms with E-state index in [1.54, 1.807) is 18.2 Å². The summed E-state index contributed by atoms with van der Waals surface area (Å²) in [7, 11) is 0. The Morgan fingerprint density at radius 3 is 2.78 bits per heavy atom. The van der Waals surface area contributed by atoms with Gasteiger partial charge in [0.25, 0.3) is 5.56 Å². The monoisotopic (exact) mass is 243 g/mol. The van der Waals surface area contributed by atoms with Crippen molar-refractivity contribution in [2.45, 2.75) is 20.4 Å². The molecule has 0 unspecified atom stereocenters. The second-order valence-electron chi connectivity index (χ2n) is 3.19. The van der Waals surface area contributed by atoms with Crippen molar-refractivity contribution in [3.63, 3.8) is 0 Å². The van der Waals surface area contributed by atoms with Gasteiger partial charge in [0.1, 0.15) is 6.29 Å². The van der Waals surface area contributed by atoms with Crippen LogP contribution in [-0.4, -0.2) is 15.8 Å². The van der Waals surface area contributed by atoms with Gasteiger partial charge in [-0.3, -0.25) is 9.36 Å². The molecule has 0 aliphatic rings. The van der Waals surface area contributed by atoms with Gasteiger partial charge in [0, 0.05) is 0 Å². The zero-order valence-electron chi connectivity index (χ0n) is 10.3. The Balaban J connectivity index is 0.000000771. The number of hydrogen-bond acceptors (Lipinski definition) is 4. The number of hydrogen-bond donors (Lipinski definition) is 0. The van der Waals surface area contributed by atoms with E-state index < -0.39 is 0 Å². The van der Waals surface area contributed by atoms with E-state index in [-0.39, 0.29) is 12.1 Å². The third-order valence-electron chi connectivity index (χ3n) is 2.23. The molecule has 92 valence electrons. The SMILES string of the molecule is CC.N#Cc1ccc2ncc(=O)n(CC=O)c2c1. The molecule has 0 radical (unpaired) electrons. The average molecular weight is 243 g/mol. The van der Waals surface area contributed by atoms with Crippen LogP contribution in [0.2, 0.25) is 0 Å². The zero-order chi connectivity index (χ0) is 13.5. The van der Waals surface area contributed by atoms with Crippen molar-refractivity contribution in [2.24, 2.45) is 0 Å². The number of carbonyl (C=O) groups excluding carboxylic acids is 1. The summed E-state index contributed by atoms with van der Waals surface area (Å²) in [5.41, 5.74) is 1.16. The number of benzene rings is 1. The van der Waals surface area contributed by atoms with Crippen molar-refractivity contribution in [2.75, 3.05) is 0 Å². The van der Waals surface area contributed by atoms with Crippen LogP contribution in [0.1, 0.15) is 19.4 Å². The van der Waals surface area contributed by atoms with Gasteiger partial charge < -0.3 is 4.79 Å². The van der Waals surface area contributed by atoms with Crippen LogP contribution in [0, 0.1) is 11.3 Å². The van der Waals surface area contributed by atoms with Crippen LogP contribution >= 0.6 is 0 Å². The Morgan fingerprint density at radius 1 is 1.44 bits per heavy atom. The maximum Gasteiger partial charge on any atom is 0.269 e. The molecule has 2 aromatic rings. The summed E-state index contributed by atoms with van der Waals surface area (Å²) in [4.78, 5) is 25.9. The van der Waals surface area contributed by atoms with Gasteiger partial charge in [-0.1, -0.05) is 13.8 Å². The minimum atomic E-state index is -0.352. The average Bonchev–Trinajstić information content (AvgIpc) is 2.44. The highest BCUT2D eigenvalue weighted by atomic mass is 16.1. The topological polar surface area (TPSA) is 75.8 Å². The summed E-state index contributed by atoms with van der Waals surface area (Å²) in [6, 6.07) is 6.79. The van der Waals surface area contributed by atoms with E-state index in [0.717, 1.165) is 6.20 Å². The minimum absolute atomic E-state index is 0.0350. The van der Waals surface area contributed by atoms with Crippen LogP contribution in [0.25, 0.3) is 11.0 Å². The first-order valence-corrected chi connectivity index (χ1v) is 5.59. The van der Waals surface area contributed by atoms with E-state index in [1.807, 2.05) is 19.9 Å². The Bertz CT molecular complexity index is 653. The molecule has 5 nitrogen and oxygen atoms in total. The Hall–Kier alpha value is -2.48. The predicted molar refractivity (Wildman–Crippen MR) is 68.1 cm³/mol. The number of rotatable bonds is 2. The van der Waals surface area contributed by atoms with E-state index in [0.29, 0.717) is 22.9 Å². The lowest BCUT2D eigenvalue weighted by atomic mass is 10.2. The molecule has 0 bridgehead atoms. The molecule has 0 amide bonds. The Kier molecular flexibility index (Phi) is 4.76. The minimum Gasteiger partial charge on any atom is -0.301 e. The molecule has 0 aliphatic heterocycles. The van der Waals surface area contributed by atoms with Gasteiger partial charge in [0.15, 0.2) is 0 Å². The number of carbonyl (C=O) groups is 1. The number of aromatic nitrogens is 2. The molecule has 0 atom stereocenters. The molecule has 18 heavy (non-hydrogen) atoms. The largest absolute Gasteiger partial charge is 0.301 e. The summed E-state index contributed by atoms with van der Waals surface area (Å²) >= 11 is 0. The smallest absolute Gasteiger partial charge is 0.269 e. The van der Waals surface area contributed by atoms with Crippen LogP contribution in [0.4, 0.5) is 0 Å². The second kappa shape index (κ2) is 6.30. The fraction of sp³-hybridized carbons (Fsp3) is 0.231. The molecule has 0 N–H and O–H groups in total. The van der Waals surface area contributed by atoms with Crippen molar-refractivity contribution in [1.82, 2.24) is 9.55 Å². The van der Waals surface area contributed by atoms with E-state index in [9.17, 15) is 9.59 Å². The van der Waals surface area contributed by atoms with Crippen molar-refractivity contribution in [3.05, 3.63) is 40.3 Å². The van der Waals surface area contributed by atoms with Gasteiger partial charge in [0.05, 0.1) is 35.4 Å². The van der Waals surface area contributed by atoms with Crippen molar-refractivity contribution in [3.8, 4) is 6.07 Å². The van der Waals surface area contributed by atoms with Crippen LogP contribution in [0.15, 0.2) is 29.2 Å². The van der Waals surface area contributed by atoms with Gasteiger partial charge in [-0.15, -0.1) is 0 Å². The number of aldehydes is 1. The number of nitrogens with zero attached hydrogens (tertiary/aromatic N) is 3. The zero-order valence-corrected chi connectivity index (χ0v) is 10.3. The molecular formula is C13H13N3O2. The third kappa shape index (κ3) is 2.61. The lowest BCUT2D eigenvalue weighted by Gasteiger charge is -2.05. The van der Waals surface area contributed by atoms with E-state index in [4.69, 9.17) is 5.26 Å². The summed E-state index contributed by atoms with van der Waals surface area (Å²) in [6.45, 7) is 3.97. The van der Waals surface area contributed by atoms with E-state index >= 15 is 0 Å². The Labute approximate surface area is 104 Å². The lowest BCUT2D eigenvalue weighted by molar-refractivity contribution is -0.108. The van der Waals surface area contributed by atoms with Gasteiger partial charge in [-0.05, 0) is 18.2 Å². The molecule has 0 fully saturated rings. The first-order valence-electron chi connectivity index (χ1n) is 5.59. The molecule has 5 heteroatoms. The van der Waals surface area contributed by atoms with Crippen molar-refractivity contribution in [1.29, 1.82) is 5.26 Å². The maximum absolute atomic E-state index is 11.5. The van der Waals surface area contributed by atoms with E-state index in [2.05, 4.69) is 4.98 Å². The first-order chi connectivity index (χ1) is 8.76. The van der Waals surface area contributed by atoms with E-state index in [1.165, 1.54) is 4.57 Å². The van der Waals surface area contributed by atoms with Gasteiger partial charge in [-0.25, -0.2) is 4.98 Å². The highest BCUT2D eigenvalue weighted by molar-refractivity contribution is 5.77. The molecule has 1 heterocycles. The molecule has 2 rings (SSSR count). The second-order valence-corrected chi connectivity index (χ2v) is 3.19. The summed E-state index contributed by atoms with van der Waals surface area (Å²) in [5.74, 6) is 0. The number of nitriles is 1. The normalized spacial score (nSPS) is 9.17. The van der Waals surface area contributed by atoms with Gasteiger partial charge >= 0.3 is 0 Å². The highest BCUT2D eigenvalue weighted by Gasteiger charge is 2.04. The number of fused-ring (bicyclic) bond motifs is 1. The molecule has 0 spiro atoms. The Morgan fingerprint density at radius 2 is 2.17 bits per heavy atom. The molecule has 0 saturated carbocycles. The quantitative estimate of drug-likeness (QED) is 0.749. The lowest BCUT2D eigenvalue weighted by Crippen LogP contribution is -2.21. The molecule has 0 aliphatic carbocycles. The van der Waals surface area contributed by atoms with Crippen LogP contribution < -0.4 is 5.56 Å². The summed E-state index contributed by atoms with van der Waals surface area (Å²) in [6.07, 6.45) is 1.80. The molecule has 1 aromatic heterocycles. The van der Waals surface area contributed by atoms with Crippen LogP contribution in [-0.2, 0) is 11.3 Å². The highest BCUT2D eigenvalue weighted by Crippen LogP contribution is 2.11. The first kappa shape index (κ1) is 13.6. The molecule has 0 saturated heterocycles. The fourth-order valence-electron chi connectivity index (χ4n) is 1.49. The molecule has 1 aromatic carbocycles. The van der Waals surface area contributed by atoms with Gasteiger partial charge in [-0.2, -0.15) is 5.26 Å². The molecular weight excluding hydrogens is 230 g/mol. The third-order valence-corrected chi connectivity index (χ3v) is 2.23. The van der Waals surface area contributed by atoms with Crippen LogP contribution in [0.3, 0.4) is 0 Å². The fourth-order valence-corrected chi connectivity index (χ4v) is 1.49. The van der Waals surface area contributed by atoms with Gasteiger partial charge in [0.2, 0.25) is 0 Å².